The third kappa shape index (κ3) is 3.88. The Kier molecular flexibility index (Phi) is 5.69. The fourth-order valence-corrected chi connectivity index (χ4v) is 4.70. The van der Waals surface area contributed by atoms with Crippen LogP contribution < -0.4 is 14.9 Å². The minimum absolute atomic E-state index is 0.207. The second kappa shape index (κ2) is 8.43. The molecule has 1 unspecified atom stereocenters. The van der Waals surface area contributed by atoms with Crippen molar-refractivity contribution >= 4 is 23.4 Å². The van der Waals surface area contributed by atoms with Crippen molar-refractivity contribution in [1.82, 2.24) is 9.55 Å². The topological polar surface area (TPSA) is 73.6 Å². The first-order valence-electron chi connectivity index (χ1n) is 10.0. The summed E-state index contributed by atoms with van der Waals surface area (Å²) in [7, 11) is 1.34. The summed E-state index contributed by atoms with van der Waals surface area (Å²) in [6, 6.07) is 12.9. The number of aromatic nitrogens is 2. The number of fused-ring (bicyclic) bond motifs is 1. The number of hydrogen-bond acceptors (Lipinski definition) is 6. The molecule has 0 saturated carbocycles. The van der Waals surface area contributed by atoms with Gasteiger partial charge in [0.15, 0.2) is 4.80 Å². The van der Waals surface area contributed by atoms with Gasteiger partial charge in [0.1, 0.15) is 0 Å². The second-order valence-corrected chi connectivity index (χ2v) is 8.66. The van der Waals surface area contributed by atoms with E-state index < -0.39 is 12.0 Å². The lowest BCUT2D eigenvalue weighted by molar-refractivity contribution is -0.136. The maximum Gasteiger partial charge on any atom is 0.338 e. The van der Waals surface area contributed by atoms with Crippen LogP contribution in [0.3, 0.4) is 0 Å². The summed E-state index contributed by atoms with van der Waals surface area (Å²) in [5.41, 5.74) is 3.43. The smallest absolute Gasteiger partial charge is 0.338 e. The van der Waals surface area contributed by atoms with Crippen molar-refractivity contribution in [3.63, 3.8) is 0 Å². The number of hydrogen-bond donors (Lipinski definition) is 0. The Hall–Kier alpha value is -3.32. The molecule has 3 aromatic rings. The van der Waals surface area contributed by atoms with Gasteiger partial charge in [-0.25, -0.2) is 9.79 Å². The van der Waals surface area contributed by atoms with E-state index in [1.807, 2.05) is 42.5 Å². The first-order valence-corrected chi connectivity index (χ1v) is 10.8. The molecule has 0 bridgehead atoms. The highest BCUT2D eigenvalue weighted by Gasteiger charge is 2.33. The lowest BCUT2D eigenvalue weighted by atomic mass is 9.93. The molecule has 31 heavy (non-hydrogen) atoms. The highest BCUT2D eigenvalue weighted by Crippen LogP contribution is 2.31. The zero-order valence-corrected chi connectivity index (χ0v) is 18.6. The molecule has 158 valence electrons. The number of methoxy groups -OCH3 is 1. The van der Waals surface area contributed by atoms with Crippen molar-refractivity contribution in [3.8, 4) is 0 Å². The number of allylic oxidation sites excluding steroid dienone is 1. The van der Waals surface area contributed by atoms with Gasteiger partial charge in [0.25, 0.3) is 5.56 Å². The summed E-state index contributed by atoms with van der Waals surface area (Å²) in [5, 5.41) is 0. The van der Waals surface area contributed by atoms with Crippen molar-refractivity contribution in [1.29, 1.82) is 0 Å². The third-order valence-corrected chi connectivity index (χ3v) is 6.30. The summed E-state index contributed by atoms with van der Waals surface area (Å²) in [6.07, 6.45) is 3.43. The van der Waals surface area contributed by atoms with Gasteiger partial charge >= 0.3 is 5.97 Å². The second-order valence-electron chi connectivity index (χ2n) is 7.65. The molecule has 3 heterocycles. The Morgan fingerprint density at radius 3 is 2.55 bits per heavy atom. The minimum Gasteiger partial charge on any atom is -0.466 e. The lowest BCUT2D eigenvalue weighted by Gasteiger charge is -2.24. The molecular formula is C24H23N3O3S. The number of carbonyl (C=O) groups is 1. The summed E-state index contributed by atoms with van der Waals surface area (Å²) < 4.78 is 7.14. The van der Waals surface area contributed by atoms with E-state index in [1.54, 1.807) is 23.8 Å². The predicted octanol–water partition coefficient (Wildman–Crippen LogP) is 2.93. The average Bonchev–Trinajstić information content (AvgIpc) is 3.07. The Balaban J connectivity index is 1.95. The Bertz CT molecular complexity index is 1330. The number of pyridine rings is 1. The van der Waals surface area contributed by atoms with E-state index in [1.165, 1.54) is 24.0 Å². The normalized spacial score (nSPS) is 16.3. The van der Waals surface area contributed by atoms with Gasteiger partial charge in [-0.1, -0.05) is 55.5 Å². The van der Waals surface area contributed by atoms with Crippen molar-refractivity contribution < 1.29 is 9.53 Å². The Morgan fingerprint density at radius 2 is 1.94 bits per heavy atom. The molecule has 0 radical (unpaired) electrons. The van der Waals surface area contributed by atoms with Gasteiger partial charge in [-0.15, -0.1) is 0 Å². The number of rotatable bonds is 4. The van der Waals surface area contributed by atoms with Gasteiger partial charge in [-0.2, -0.15) is 0 Å². The quantitative estimate of drug-likeness (QED) is 0.593. The van der Waals surface area contributed by atoms with Crippen LogP contribution in [0.5, 0.6) is 0 Å². The number of benzene rings is 1. The van der Waals surface area contributed by atoms with Gasteiger partial charge in [-0.3, -0.25) is 14.3 Å². The summed E-state index contributed by atoms with van der Waals surface area (Å²) >= 11 is 1.29. The highest BCUT2D eigenvalue weighted by molar-refractivity contribution is 7.07. The van der Waals surface area contributed by atoms with Crippen LogP contribution in [0.1, 0.15) is 49.6 Å². The molecule has 0 N–H and O–H groups in total. The predicted molar refractivity (Wildman–Crippen MR) is 121 cm³/mol. The maximum absolute atomic E-state index is 13.4. The lowest BCUT2D eigenvalue weighted by Crippen LogP contribution is -2.39. The van der Waals surface area contributed by atoms with Crippen LogP contribution in [0.15, 0.2) is 69.7 Å². The van der Waals surface area contributed by atoms with Gasteiger partial charge in [0.05, 0.1) is 34.6 Å². The fraction of sp³-hybridized carbons (Fsp3) is 0.250. The summed E-state index contributed by atoms with van der Waals surface area (Å²) in [4.78, 5) is 35.5. The molecule has 6 nitrogen and oxygen atoms in total. The largest absolute Gasteiger partial charge is 0.466 e. The van der Waals surface area contributed by atoms with Crippen LogP contribution in [0.2, 0.25) is 0 Å². The highest BCUT2D eigenvalue weighted by atomic mass is 32.1. The first kappa shape index (κ1) is 20.9. The number of thiazole rings is 1. The van der Waals surface area contributed by atoms with E-state index in [0.29, 0.717) is 32.2 Å². The van der Waals surface area contributed by atoms with E-state index in [2.05, 4.69) is 23.8 Å². The monoisotopic (exact) mass is 433 g/mol. The molecule has 0 saturated heterocycles. The third-order valence-electron chi connectivity index (χ3n) is 5.31. The number of carbonyl (C=O) groups excluding carboxylic acids is 1. The summed E-state index contributed by atoms with van der Waals surface area (Å²) in [5.74, 6) is -0.107. The molecule has 4 rings (SSSR count). The van der Waals surface area contributed by atoms with Crippen LogP contribution in [-0.4, -0.2) is 22.6 Å². The molecule has 1 atom stereocenters. The Labute approximate surface area is 183 Å². The van der Waals surface area contributed by atoms with Crippen LogP contribution in [0.4, 0.5) is 0 Å². The molecule has 1 aliphatic rings. The van der Waals surface area contributed by atoms with E-state index in [9.17, 15) is 9.59 Å². The molecule has 0 aliphatic carbocycles. The molecule has 1 aromatic carbocycles. The standard InChI is InChI=1S/C24H23N3O3S/c1-14(2)16-8-10-17(11-9-16)21-20(23(29)30-4)15(3)26-24-27(21)22(28)19(31-24)13-18-7-5-6-12-25-18/h5-14,21H,1-4H3. The van der Waals surface area contributed by atoms with E-state index >= 15 is 0 Å². The van der Waals surface area contributed by atoms with Crippen molar-refractivity contribution in [2.45, 2.75) is 32.7 Å². The molecular weight excluding hydrogens is 410 g/mol. The molecule has 7 heteroatoms. The zero-order chi connectivity index (χ0) is 22.1. The fourth-order valence-electron chi connectivity index (χ4n) is 3.67. The van der Waals surface area contributed by atoms with Crippen molar-refractivity contribution in [2.24, 2.45) is 4.99 Å². The molecule has 0 fully saturated rings. The van der Waals surface area contributed by atoms with Crippen LogP contribution in [-0.2, 0) is 9.53 Å². The first-order chi connectivity index (χ1) is 14.9. The number of ether oxygens (including phenoxy) is 1. The van der Waals surface area contributed by atoms with Gasteiger partial charge in [-0.05, 0) is 42.2 Å². The van der Waals surface area contributed by atoms with Crippen LogP contribution in [0, 0.1) is 0 Å². The molecule has 0 amide bonds. The molecule has 2 aromatic heterocycles. The van der Waals surface area contributed by atoms with Crippen molar-refractivity contribution in [3.05, 3.63) is 96.4 Å². The average molecular weight is 434 g/mol. The number of esters is 1. The van der Waals surface area contributed by atoms with E-state index in [-0.39, 0.29) is 5.56 Å². The SMILES string of the molecule is COC(=O)C1=C(C)N=c2sc(=Cc3ccccn3)c(=O)n2C1c1ccc(C(C)C)cc1. The van der Waals surface area contributed by atoms with Crippen LogP contribution in [0.25, 0.3) is 6.08 Å². The van der Waals surface area contributed by atoms with E-state index in [4.69, 9.17) is 4.74 Å². The van der Waals surface area contributed by atoms with Gasteiger partial charge in [0.2, 0.25) is 0 Å². The van der Waals surface area contributed by atoms with Crippen molar-refractivity contribution in [2.75, 3.05) is 7.11 Å². The van der Waals surface area contributed by atoms with Gasteiger partial charge in [0, 0.05) is 6.20 Å². The maximum atomic E-state index is 13.4. The molecule has 1 aliphatic heterocycles. The molecule has 0 spiro atoms. The minimum atomic E-state index is -0.601. The van der Waals surface area contributed by atoms with Gasteiger partial charge < -0.3 is 4.74 Å². The zero-order valence-electron chi connectivity index (χ0n) is 17.8. The summed E-state index contributed by atoms with van der Waals surface area (Å²) in [6.45, 7) is 6.02. The van der Waals surface area contributed by atoms with E-state index in [0.717, 1.165) is 5.56 Å². The Morgan fingerprint density at radius 1 is 1.19 bits per heavy atom. The van der Waals surface area contributed by atoms with Crippen LogP contribution >= 0.6 is 11.3 Å². The number of nitrogens with zero attached hydrogens (tertiary/aromatic N) is 3.